The van der Waals surface area contributed by atoms with E-state index < -0.39 is 0 Å². The molecule has 0 spiro atoms. The van der Waals surface area contributed by atoms with E-state index in [1.165, 1.54) is 0 Å². The SMILES string of the molecule is N#CCN1CCC(Nc2ccncc2Br)CC1. The van der Waals surface area contributed by atoms with Crippen molar-refractivity contribution in [1.82, 2.24) is 9.88 Å². The van der Waals surface area contributed by atoms with Gasteiger partial charge in [-0.25, -0.2) is 0 Å². The zero-order valence-electron chi connectivity index (χ0n) is 9.56. The van der Waals surface area contributed by atoms with Gasteiger partial charge in [-0.1, -0.05) is 0 Å². The molecule has 1 aromatic rings. The molecule has 1 aromatic heterocycles. The van der Waals surface area contributed by atoms with Crippen LogP contribution in [0.3, 0.4) is 0 Å². The van der Waals surface area contributed by atoms with E-state index in [2.05, 4.69) is 37.2 Å². The lowest BCUT2D eigenvalue weighted by Crippen LogP contribution is -2.39. The predicted octanol–water partition coefficient (Wildman–Crippen LogP) is 2.24. The van der Waals surface area contributed by atoms with Crippen LogP contribution in [0.25, 0.3) is 0 Å². The van der Waals surface area contributed by atoms with E-state index in [0.717, 1.165) is 36.1 Å². The first kappa shape index (κ1) is 12.3. The molecule has 1 aliphatic rings. The Kier molecular flexibility index (Phi) is 4.35. The number of anilines is 1. The summed E-state index contributed by atoms with van der Waals surface area (Å²) in [6, 6.07) is 4.67. The maximum Gasteiger partial charge on any atom is 0.0866 e. The van der Waals surface area contributed by atoms with Crippen LogP contribution in [0.4, 0.5) is 5.69 Å². The fraction of sp³-hybridized carbons (Fsp3) is 0.500. The minimum Gasteiger partial charge on any atom is -0.381 e. The van der Waals surface area contributed by atoms with Crippen LogP contribution in [0.2, 0.25) is 0 Å². The van der Waals surface area contributed by atoms with Crippen LogP contribution < -0.4 is 5.32 Å². The average molecular weight is 295 g/mol. The van der Waals surface area contributed by atoms with Crippen LogP contribution in [0, 0.1) is 11.3 Å². The number of likely N-dealkylation sites (tertiary alicyclic amines) is 1. The molecule has 0 bridgehead atoms. The van der Waals surface area contributed by atoms with Crippen LogP contribution in [0.1, 0.15) is 12.8 Å². The van der Waals surface area contributed by atoms with Gasteiger partial charge in [-0.3, -0.25) is 9.88 Å². The Morgan fingerprint density at radius 2 is 2.29 bits per heavy atom. The van der Waals surface area contributed by atoms with Gasteiger partial charge in [0.25, 0.3) is 0 Å². The van der Waals surface area contributed by atoms with Crippen molar-refractivity contribution in [2.24, 2.45) is 0 Å². The average Bonchev–Trinajstić information content (AvgIpc) is 2.35. The molecule has 1 N–H and O–H groups in total. The summed E-state index contributed by atoms with van der Waals surface area (Å²) in [6.45, 7) is 2.54. The quantitative estimate of drug-likeness (QED) is 0.869. The summed E-state index contributed by atoms with van der Waals surface area (Å²) in [5.74, 6) is 0. The lowest BCUT2D eigenvalue weighted by atomic mass is 10.0. The van der Waals surface area contributed by atoms with Gasteiger partial charge in [0.2, 0.25) is 0 Å². The molecule has 0 amide bonds. The summed E-state index contributed by atoms with van der Waals surface area (Å²) < 4.78 is 0.999. The summed E-state index contributed by atoms with van der Waals surface area (Å²) >= 11 is 3.48. The van der Waals surface area contributed by atoms with Gasteiger partial charge in [0, 0.05) is 31.5 Å². The normalized spacial score (nSPS) is 17.6. The van der Waals surface area contributed by atoms with E-state index >= 15 is 0 Å². The zero-order valence-corrected chi connectivity index (χ0v) is 11.2. The fourth-order valence-electron chi connectivity index (χ4n) is 2.05. The number of piperidine rings is 1. The lowest BCUT2D eigenvalue weighted by molar-refractivity contribution is 0.242. The van der Waals surface area contributed by atoms with Gasteiger partial charge in [0.05, 0.1) is 22.8 Å². The first-order chi connectivity index (χ1) is 8.29. The highest BCUT2D eigenvalue weighted by Crippen LogP contribution is 2.23. The minimum atomic E-state index is 0.489. The molecule has 4 nitrogen and oxygen atoms in total. The van der Waals surface area contributed by atoms with Gasteiger partial charge in [0.15, 0.2) is 0 Å². The lowest BCUT2D eigenvalue weighted by Gasteiger charge is -2.31. The number of hydrogen-bond acceptors (Lipinski definition) is 4. The molecule has 1 saturated heterocycles. The number of aromatic nitrogens is 1. The number of nitrogens with one attached hydrogen (secondary N) is 1. The van der Waals surface area contributed by atoms with Crippen molar-refractivity contribution < 1.29 is 0 Å². The highest BCUT2D eigenvalue weighted by Gasteiger charge is 2.18. The first-order valence-electron chi connectivity index (χ1n) is 5.75. The number of nitrogens with zero attached hydrogens (tertiary/aromatic N) is 3. The molecule has 0 radical (unpaired) electrons. The number of halogens is 1. The van der Waals surface area contributed by atoms with Crippen molar-refractivity contribution in [3.63, 3.8) is 0 Å². The van der Waals surface area contributed by atoms with Crippen molar-refractivity contribution in [3.8, 4) is 6.07 Å². The van der Waals surface area contributed by atoms with E-state index in [9.17, 15) is 0 Å². The van der Waals surface area contributed by atoms with Gasteiger partial charge in [-0.05, 0) is 34.8 Å². The number of hydrogen-bond donors (Lipinski definition) is 1. The van der Waals surface area contributed by atoms with Crippen LogP contribution in [0.5, 0.6) is 0 Å². The van der Waals surface area contributed by atoms with E-state index in [-0.39, 0.29) is 0 Å². The highest BCUT2D eigenvalue weighted by molar-refractivity contribution is 9.10. The maximum absolute atomic E-state index is 8.64. The van der Waals surface area contributed by atoms with E-state index in [0.29, 0.717) is 12.6 Å². The molecule has 5 heteroatoms. The Morgan fingerprint density at radius 1 is 1.53 bits per heavy atom. The Labute approximate surface area is 110 Å². The van der Waals surface area contributed by atoms with Crippen molar-refractivity contribution in [3.05, 3.63) is 22.9 Å². The summed E-state index contributed by atoms with van der Waals surface area (Å²) in [6.07, 6.45) is 5.75. The molecule has 0 saturated carbocycles. The maximum atomic E-state index is 8.64. The fourth-order valence-corrected chi connectivity index (χ4v) is 2.41. The van der Waals surface area contributed by atoms with Gasteiger partial charge < -0.3 is 5.32 Å². The van der Waals surface area contributed by atoms with Gasteiger partial charge in [-0.2, -0.15) is 5.26 Å². The smallest absolute Gasteiger partial charge is 0.0866 e. The summed E-state index contributed by atoms with van der Waals surface area (Å²) in [4.78, 5) is 6.24. The van der Waals surface area contributed by atoms with Gasteiger partial charge >= 0.3 is 0 Å². The molecule has 2 rings (SSSR count). The van der Waals surface area contributed by atoms with Crippen LogP contribution in [-0.2, 0) is 0 Å². The van der Waals surface area contributed by atoms with Crippen molar-refractivity contribution in [2.45, 2.75) is 18.9 Å². The second-order valence-electron chi connectivity index (χ2n) is 4.21. The molecule has 2 heterocycles. The molecule has 0 aromatic carbocycles. The second-order valence-corrected chi connectivity index (χ2v) is 5.06. The third kappa shape index (κ3) is 3.42. The van der Waals surface area contributed by atoms with Crippen molar-refractivity contribution in [1.29, 1.82) is 5.26 Å². The minimum absolute atomic E-state index is 0.489. The summed E-state index contributed by atoms with van der Waals surface area (Å²) in [7, 11) is 0. The number of nitriles is 1. The first-order valence-corrected chi connectivity index (χ1v) is 6.54. The largest absolute Gasteiger partial charge is 0.381 e. The Balaban J connectivity index is 1.86. The summed E-state index contributed by atoms with van der Waals surface area (Å²) in [5.41, 5.74) is 1.10. The molecule has 0 atom stereocenters. The molecule has 17 heavy (non-hydrogen) atoms. The Bertz CT molecular complexity index is 407. The van der Waals surface area contributed by atoms with Crippen molar-refractivity contribution >= 4 is 21.6 Å². The molecule has 0 aliphatic carbocycles. The standard InChI is InChI=1S/C12H15BrN4/c13-11-9-15-5-1-12(11)16-10-2-6-17(7-3-10)8-4-14/h1,5,9-10H,2-3,6-8H2,(H,15,16). The molecule has 1 aliphatic heterocycles. The van der Waals surface area contributed by atoms with E-state index in [1.807, 2.05) is 6.07 Å². The van der Waals surface area contributed by atoms with Gasteiger partial charge in [-0.15, -0.1) is 0 Å². The molecule has 0 unspecified atom stereocenters. The van der Waals surface area contributed by atoms with E-state index in [4.69, 9.17) is 5.26 Å². The third-order valence-electron chi connectivity index (χ3n) is 3.01. The Morgan fingerprint density at radius 3 is 2.94 bits per heavy atom. The van der Waals surface area contributed by atoms with Crippen LogP contribution in [0.15, 0.2) is 22.9 Å². The van der Waals surface area contributed by atoms with E-state index in [1.54, 1.807) is 12.4 Å². The number of rotatable bonds is 3. The van der Waals surface area contributed by atoms with Crippen LogP contribution >= 0.6 is 15.9 Å². The summed E-state index contributed by atoms with van der Waals surface area (Å²) in [5, 5.41) is 12.2. The molecule has 1 fully saturated rings. The highest BCUT2D eigenvalue weighted by atomic mass is 79.9. The molecular weight excluding hydrogens is 280 g/mol. The van der Waals surface area contributed by atoms with Crippen LogP contribution in [-0.4, -0.2) is 35.6 Å². The van der Waals surface area contributed by atoms with Gasteiger partial charge in [0.1, 0.15) is 0 Å². The second kappa shape index (κ2) is 5.99. The van der Waals surface area contributed by atoms with Crippen molar-refractivity contribution in [2.75, 3.05) is 25.0 Å². The number of pyridine rings is 1. The third-order valence-corrected chi connectivity index (χ3v) is 3.65. The molecular formula is C12H15BrN4. The Hall–Kier alpha value is -1.12. The predicted molar refractivity (Wildman–Crippen MR) is 70.6 cm³/mol. The monoisotopic (exact) mass is 294 g/mol. The zero-order chi connectivity index (χ0) is 12.1. The molecule has 90 valence electrons. The topological polar surface area (TPSA) is 52.0 Å².